The first-order valence-corrected chi connectivity index (χ1v) is 11.5. The van der Waals surface area contributed by atoms with Crippen LogP contribution in [0.25, 0.3) is 11.4 Å². The first-order chi connectivity index (χ1) is 16.5. The Kier molecular flexibility index (Phi) is 7.49. The van der Waals surface area contributed by atoms with Gasteiger partial charge in [0.1, 0.15) is 18.2 Å². The summed E-state index contributed by atoms with van der Waals surface area (Å²) in [5, 5.41) is 7.18. The van der Waals surface area contributed by atoms with Gasteiger partial charge in [0.2, 0.25) is 4.77 Å². The number of hydrogen-bond donors (Lipinski definition) is 2. The Bertz CT molecular complexity index is 1340. The highest BCUT2D eigenvalue weighted by atomic mass is 79.9. The molecule has 0 saturated carbocycles. The maximum Gasteiger partial charge on any atom is 0.214 e. The van der Waals surface area contributed by atoms with Gasteiger partial charge in [0.15, 0.2) is 17.3 Å². The van der Waals surface area contributed by atoms with Crippen molar-refractivity contribution in [1.82, 2.24) is 14.9 Å². The van der Waals surface area contributed by atoms with E-state index in [2.05, 4.69) is 31.6 Å². The number of aromatic nitrogens is 3. The molecule has 0 aliphatic carbocycles. The van der Waals surface area contributed by atoms with Gasteiger partial charge in [-0.2, -0.15) is 5.10 Å². The number of hydrogen-bond acceptors (Lipinski definition) is 6. The number of benzene rings is 3. The van der Waals surface area contributed by atoms with Crippen molar-refractivity contribution in [1.29, 1.82) is 0 Å². The van der Waals surface area contributed by atoms with E-state index in [0.717, 1.165) is 21.2 Å². The van der Waals surface area contributed by atoms with Gasteiger partial charge < -0.3 is 19.6 Å². The average molecular weight is 545 g/mol. The van der Waals surface area contributed by atoms with Crippen LogP contribution in [-0.2, 0) is 13.2 Å². The Morgan fingerprint density at radius 1 is 1.03 bits per heavy atom. The first-order valence-electron chi connectivity index (χ1n) is 10.3. The van der Waals surface area contributed by atoms with Crippen LogP contribution < -0.4 is 19.6 Å². The Labute approximate surface area is 209 Å². The summed E-state index contributed by atoms with van der Waals surface area (Å²) >= 11 is 9.03. The second-order valence-corrected chi connectivity index (χ2v) is 8.47. The third-order valence-electron chi connectivity index (χ3n) is 5.09. The molecule has 0 saturated heterocycles. The van der Waals surface area contributed by atoms with E-state index in [1.165, 1.54) is 12.1 Å². The van der Waals surface area contributed by atoms with Crippen molar-refractivity contribution >= 4 is 28.1 Å². The van der Waals surface area contributed by atoms with Crippen molar-refractivity contribution in [2.75, 3.05) is 19.6 Å². The fraction of sp³-hybridized carbons (Fsp3) is 0.167. The Balaban J connectivity index is 1.53. The summed E-state index contributed by atoms with van der Waals surface area (Å²) in [7, 11) is 3.19. The van der Waals surface area contributed by atoms with Gasteiger partial charge in [-0.15, -0.1) is 0 Å². The lowest BCUT2D eigenvalue weighted by atomic mass is 10.2. The third kappa shape index (κ3) is 5.23. The molecule has 0 unspecified atom stereocenters. The van der Waals surface area contributed by atoms with Gasteiger partial charge in [0.05, 0.1) is 26.3 Å². The summed E-state index contributed by atoms with van der Waals surface area (Å²) in [6.07, 6.45) is 0. The van der Waals surface area contributed by atoms with Crippen LogP contribution in [0.3, 0.4) is 0 Å². The smallest absolute Gasteiger partial charge is 0.214 e. The zero-order valence-corrected chi connectivity index (χ0v) is 20.9. The number of para-hydroxylation sites is 1. The number of methoxy groups -OCH3 is 2. The maximum absolute atomic E-state index is 13.1. The fourth-order valence-corrected chi connectivity index (χ4v) is 4.00. The first kappa shape index (κ1) is 23.8. The summed E-state index contributed by atoms with van der Waals surface area (Å²) in [4.78, 5) is 0. The molecule has 0 amide bonds. The number of rotatable bonds is 9. The van der Waals surface area contributed by atoms with Gasteiger partial charge in [-0.1, -0.05) is 40.2 Å². The number of nitrogens with zero attached hydrogens (tertiary/aromatic N) is 2. The van der Waals surface area contributed by atoms with E-state index < -0.39 is 0 Å². The van der Waals surface area contributed by atoms with Crippen molar-refractivity contribution < 1.29 is 18.6 Å². The predicted molar refractivity (Wildman–Crippen MR) is 134 cm³/mol. The van der Waals surface area contributed by atoms with Gasteiger partial charge in [0.25, 0.3) is 0 Å². The van der Waals surface area contributed by atoms with E-state index in [9.17, 15) is 4.39 Å². The van der Waals surface area contributed by atoms with E-state index in [4.69, 9.17) is 26.4 Å². The molecule has 2 N–H and O–H groups in total. The molecule has 3 aromatic carbocycles. The lowest BCUT2D eigenvalue weighted by Crippen LogP contribution is -2.16. The lowest BCUT2D eigenvalue weighted by Gasteiger charge is -2.16. The molecule has 0 fully saturated rings. The highest BCUT2D eigenvalue weighted by Gasteiger charge is 2.15. The molecule has 34 heavy (non-hydrogen) atoms. The topological polar surface area (TPSA) is 73.3 Å². The Morgan fingerprint density at radius 3 is 2.50 bits per heavy atom. The molecule has 0 atom stereocenters. The number of nitrogens with one attached hydrogen (secondary N) is 2. The predicted octanol–water partition coefficient (Wildman–Crippen LogP) is 5.85. The van der Waals surface area contributed by atoms with Crippen LogP contribution in [0.15, 0.2) is 65.1 Å². The second kappa shape index (κ2) is 10.7. The molecule has 1 heterocycles. The molecular formula is C24H22BrFN4O3S. The van der Waals surface area contributed by atoms with Gasteiger partial charge >= 0.3 is 0 Å². The van der Waals surface area contributed by atoms with Gasteiger partial charge in [-0.3, -0.25) is 0 Å². The number of H-pyrrole nitrogens is 1. The Morgan fingerprint density at radius 2 is 1.76 bits per heavy atom. The van der Waals surface area contributed by atoms with Crippen LogP contribution in [0.4, 0.5) is 4.39 Å². The molecular weight excluding hydrogens is 523 g/mol. The quantitative estimate of drug-likeness (QED) is 0.257. The van der Waals surface area contributed by atoms with E-state index >= 15 is 0 Å². The van der Waals surface area contributed by atoms with Crippen LogP contribution in [-0.4, -0.2) is 29.1 Å². The van der Waals surface area contributed by atoms with Gasteiger partial charge in [-0.25, -0.2) is 14.2 Å². The molecule has 0 bridgehead atoms. The highest BCUT2D eigenvalue weighted by molar-refractivity contribution is 9.10. The SMILES string of the molecule is COc1cc(CNn2c(-c3ccccc3OC)n[nH]c2=S)c(Br)cc1OCc1ccc(F)cc1. The molecule has 0 spiro atoms. The van der Waals surface area contributed by atoms with E-state index in [1.807, 2.05) is 36.4 Å². The molecule has 4 aromatic rings. The van der Waals surface area contributed by atoms with Crippen molar-refractivity contribution in [3.05, 3.63) is 86.9 Å². The van der Waals surface area contributed by atoms with Crippen LogP contribution in [0.1, 0.15) is 11.1 Å². The largest absolute Gasteiger partial charge is 0.496 e. The number of aromatic amines is 1. The maximum atomic E-state index is 13.1. The van der Waals surface area contributed by atoms with Crippen LogP contribution in [0.5, 0.6) is 17.2 Å². The minimum Gasteiger partial charge on any atom is -0.496 e. The van der Waals surface area contributed by atoms with E-state index in [1.54, 1.807) is 31.0 Å². The van der Waals surface area contributed by atoms with Crippen LogP contribution >= 0.6 is 28.1 Å². The molecule has 176 valence electrons. The van der Waals surface area contributed by atoms with Crippen molar-refractivity contribution in [3.8, 4) is 28.6 Å². The third-order valence-corrected chi connectivity index (χ3v) is 6.10. The average Bonchev–Trinajstić information content (AvgIpc) is 3.22. The van der Waals surface area contributed by atoms with Gasteiger partial charge in [-0.05, 0) is 59.7 Å². The summed E-state index contributed by atoms with van der Waals surface area (Å²) in [5.41, 5.74) is 5.87. The molecule has 0 aliphatic rings. The minimum absolute atomic E-state index is 0.285. The summed E-state index contributed by atoms with van der Waals surface area (Å²) in [6, 6.07) is 17.5. The molecule has 7 nitrogen and oxygen atoms in total. The molecule has 1 aromatic heterocycles. The van der Waals surface area contributed by atoms with Gasteiger partial charge in [0, 0.05) is 4.47 Å². The molecule has 4 rings (SSSR count). The Hall–Kier alpha value is -3.37. The van der Waals surface area contributed by atoms with Crippen molar-refractivity contribution in [2.24, 2.45) is 0 Å². The van der Waals surface area contributed by atoms with E-state index in [0.29, 0.717) is 34.4 Å². The molecule has 0 radical (unpaired) electrons. The summed E-state index contributed by atoms with van der Waals surface area (Å²) in [6.45, 7) is 0.707. The molecule has 10 heteroatoms. The number of halogens is 2. The summed E-state index contributed by atoms with van der Waals surface area (Å²) in [5.74, 6) is 2.14. The number of ether oxygens (including phenoxy) is 3. The monoisotopic (exact) mass is 544 g/mol. The van der Waals surface area contributed by atoms with Crippen LogP contribution in [0.2, 0.25) is 0 Å². The van der Waals surface area contributed by atoms with E-state index in [-0.39, 0.29) is 12.4 Å². The second-order valence-electron chi connectivity index (χ2n) is 7.23. The van der Waals surface area contributed by atoms with Crippen molar-refractivity contribution in [2.45, 2.75) is 13.2 Å². The zero-order valence-electron chi connectivity index (χ0n) is 18.5. The van der Waals surface area contributed by atoms with Crippen molar-refractivity contribution in [3.63, 3.8) is 0 Å². The van der Waals surface area contributed by atoms with Crippen LogP contribution in [0, 0.1) is 10.6 Å². The minimum atomic E-state index is -0.285. The zero-order chi connectivity index (χ0) is 24.1. The summed E-state index contributed by atoms with van der Waals surface area (Å²) < 4.78 is 33.0. The lowest BCUT2D eigenvalue weighted by molar-refractivity contribution is 0.284. The fourth-order valence-electron chi connectivity index (χ4n) is 3.34. The highest BCUT2D eigenvalue weighted by Crippen LogP contribution is 2.34. The normalized spacial score (nSPS) is 10.7. The standard InChI is InChI=1S/C24H22BrFN4O3S/c1-31-20-6-4-3-5-18(20)23-28-29-24(34)30(23)27-13-16-11-21(32-2)22(12-19(16)25)33-14-15-7-9-17(26)10-8-15/h3-12,27H,13-14H2,1-2H3,(H,29,34). The molecule has 0 aliphatic heterocycles.